The van der Waals surface area contributed by atoms with Gasteiger partial charge in [-0.1, -0.05) is 30.3 Å². The van der Waals surface area contributed by atoms with Crippen LogP contribution in [0.4, 0.5) is 10.5 Å². The van der Waals surface area contributed by atoms with E-state index in [-0.39, 0.29) is 11.6 Å². The number of rotatable bonds is 9. The van der Waals surface area contributed by atoms with Crippen LogP contribution in [0.1, 0.15) is 11.1 Å². The summed E-state index contributed by atoms with van der Waals surface area (Å²) in [5.41, 5.74) is 2.49. The molecule has 0 unspecified atom stereocenters. The number of carbonyl (C=O) groups is 1. The minimum atomic E-state index is -0.329. The molecule has 8 heteroatoms. The number of pyridine rings is 2. The Morgan fingerprint density at radius 2 is 1.83 bits per heavy atom. The van der Waals surface area contributed by atoms with E-state index in [9.17, 15) is 9.59 Å². The monoisotopic (exact) mass is 408 g/mol. The molecule has 0 fully saturated rings. The number of ether oxygens (including phenoxy) is 2. The number of amides is 2. The van der Waals surface area contributed by atoms with Crippen molar-refractivity contribution < 1.29 is 14.3 Å². The molecule has 0 saturated heterocycles. The highest BCUT2D eigenvalue weighted by atomic mass is 16.5. The van der Waals surface area contributed by atoms with Crippen molar-refractivity contribution in [2.75, 3.05) is 25.6 Å². The molecule has 0 saturated carbocycles. The number of aromatic nitrogens is 2. The summed E-state index contributed by atoms with van der Waals surface area (Å²) in [5.74, 6) is 0.468. The predicted molar refractivity (Wildman–Crippen MR) is 114 cm³/mol. The number of methoxy groups -OCH3 is 1. The molecular formula is C22H24N4O4. The van der Waals surface area contributed by atoms with Gasteiger partial charge >= 0.3 is 6.03 Å². The van der Waals surface area contributed by atoms with Crippen molar-refractivity contribution in [1.82, 2.24) is 14.9 Å². The number of urea groups is 1. The number of anilines is 1. The molecule has 0 atom stereocenters. The SMILES string of the molecule is COCCOc1ccc(NC(=O)NCc2ccc(Cn3ccccc3=O)cc2)cn1. The topological polar surface area (TPSA) is 94.5 Å². The first kappa shape index (κ1) is 21.1. The fourth-order valence-corrected chi connectivity index (χ4v) is 2.68. The molecule has 3 rings (SSSR count). The van der Waals surface area contributed by atoms with Crippen molar-refractivity contribution >= 4 is 11.7 Å². The fourth-order valence-electron chi connectivity index (χ4n) is 2.68. The minimum absolute atomic E-state index is 0.0380. The van der Waals surface area contributed by atoms with E-state index in [1.54, 1.807) is 36.1 Å². The average Bonchev–Trinajstić information content (AvgIpc) is 2.76. The van der Waals surface area contributed by atoms with Crippen LogP contribution >= 0.6 is 0 Å². The summed E-state index contributed by atoms with van der Waals surface area (Å²) in [7, 11) is 1.60. The predicted octanol–water partition coefficient (Wildman–Crippen LogP) is 2.64. The number of carbonyl (C=O) groups excluding carboxylic acids is 1. The normalized spacial score (nSPS) is 10.4. The first-order chi connectivity index (χ1) is 14.6. The Kier molecular flexibility index (Phi) is 7.57. The van der Waals surface area contributed by atoms with Crippen LogP contribution in [0.3, 0.4) is 0 Å². The Morgan fingerprint density at radius 1 is 1.03 bits per heavy atom. The van der Waals surface area contributed by atoms with E-state index in [0.717, 1.165) is 11.1 Å². The average molecular weight is 408 g/mol. The highest BCUT2D eigenvalue weighted by Crippen LogP contribution is 2.11. The van der Waals surface area contributed by atoms with E-state index in [4.69, 9.17) is 9.47 Å². The van der Waals surface area contributed by atoms with Crippen LogP contribution in [0.2, 0.25) is 0 Å². The van der Waals surface area contributed by atoms with Gasteiger partial charge in [-0.05, 0) is 23.3 Å². The molecule has 2 aromatic heterocycles. The van der Waals surface area contributed by atoms with E-state index in [0.29, 0.717) is 37.9 Å². The lowest BCUT2D eigenvalue weighted by Crippen LogP contribution is -2.28. The standard InChI is InChI=1S/C22H24N4O4/c1-29-12-13-30-20-10-9-19(15-23-20)25-22(28)24-14-17-5-7-18(8-6-17)16-26-11-3-2-4-21(26)27/h2-11,15H,12-14,16H2,1H3,(H2,24,25,28). The fraction of sp³-hybridized carbons (Fsp3) is 0.227. The lowest BCUT2D eigenvalue weighted by molar-refractivity contribution is 0.144. The van der Waals surface area contributed by atoms with Crippen LogP contribution in [0.25, 0.3) is 0 Å². The molecule has 30 heavy (non-hydrogen) atoms. The van der Waals surface area contributed by atoms with Crippen LogP contribution in [-0.4, -0.2) is 35.9 Å². The minimum Gasteiger partial charge on any atom is -0.475 e. The number of nitrogens with zero attached hydrogens (tertiary/aromatic N) is 2. The number of nitrogens with one attached hydrogen (secondary N) is 2. The van der Waals surface area contributed by atoms with Crippen LogP contribution in [0.5, 0.6) is 5.88 Å². The zero-order chi connectivity index (χ0) is 21.2. The summed E-state index contributed by atoms with van der Waals surface area (Å²) in [5, 5.41) is 5.53. The van der Waals surface area contributed by atoms with E-state index in [1.807, 2.05) is 30.3 Å². The van der Waals surface area contributed by atoms with Crippen molar-refractivity contribution in [3.63, 3.8) is 0 Å². The molecule has 156 valence electrons. The van der Waals surface area contributed by atoms with Crippen molar-refractivity contribution in [3.05, 3.63) is 88.5 Å². The molecule has 2 N–H and O–H groups in total. The van der Waals surface area contributed by atoms with Gasteiger partial charge in [0.05, 0.1) is 25.0 Å². The third-order valence-corrected chi connectivity index (χ3v) is 4.26. The van der Waals surface area contributed by atoms with Gasteiger partial charge in [0.15, 0.2) is 0 Å². The zero-order valence-electron chi connectivity index (χ0n) is 16.7. The highest BCUT2D eigenvalue weighted by Gasteiger charge is 2.04. The second-order valence-electron chi connectivity index (χ2n) is 6.52. The Bertz CT molecular complexity index is 1000. The molecule has 0 radical (unpaired) electrons. The van der Waals surface area contributed by atoms with Gasteiger partial charge in [0.1, 0.15) is 6.61 Å². The lowest BCUT2D eigenvalue weighted by atomic mass is 10.1. The summed E-state index contributed by atoms with van der Waals surface area (Å²) < 4.78 is 11.9. The molecule has 2 heterocycles. The Hall–Kier alpha value is -3.65. The van der Waals surface area contributed by atoms with E-state index in [2.05, 4.69) is 15.6 Å². The maximum Gasteiger partial charge on any atom is 0.319 e. The van der Waals surface area contributed by atoms with Crippen molar-refractivity contribution in [2.24, 2.45) is 0 Å². The van der Waals surface area contributed by atoms with Gasteiger partial charge in [0.2, 0.25) is 5.88 Å². The van der Waals surface area contributed by atoms with Gasteiger partial charge in [-0.2, -0.15) is 0 Å². The molecule has 2 amide bonds. The van der Waals surface area contributed by atoms with Crippen molar-refractivity contribution in [1.29, 1.82) is 0 Å². The molecular weight excluding hydrogens is 384 g/mol. The highest BCUT2D eigenvalue weighted by molar-refractivity contribution is 5.88. The maximum atomic E-state index is 12.1. The molecule has 0 aliphatic heterocycles. The molecule has 1 aromatic carbocycles. The van der Waals surface area contributed by atoms with Crippen LogP contribution in [0, 0.1) is 0 Å². The molecule has 8 nitrogen and oxygen atoms in total. The first-order valence-corrected chi connectivity index (χ1v) is 9.50. The molecule has 0 aliphatic carbocycles. The van der Waals surface area contributed by atoms with Gasteiger partial charge in [0.25, 0.3) is 5.56 Å². The van der Waals surface area contributed by atoms with Gasteiger partial charge in [-0.3, -0.25) is 4.79 Å². The van der Waals surface area contributed by atoms with E-state index >= 15 is 0 Å². The Morgan fingerprint density at radius 3 is 2.53 bits per heavy atom. The summed E-state index contributed by atoms with van der Waals surface area (Å²) in [4.78, 5) is 28.0. The van der Waals surface area contributed by atoms with Gasteiger partial charge in [0, 0.05) is 32.0 Å². The molecule has 0 spiro atoms. The van der Waals surface area contributed by atoms with Gasteiger partial charge in [-0.25, -0.2) is 9.78 Å². The molecule has 3 aromatic rings. The van der Waals surface area contributed by atoms with E-state index in [1.165, 1.54) is 12.3 Å². The van der Waals surface area contributed by atoms with E-state index < -0.39 is 0 Å². The second kappa shape index (κ2) is 10.8. The number of hydrogen-bond acceptors (Lipinski definition) is 5. The van der Waals surface area contributed by atoms with Crippen molar-refractivity contribution in [3.8, 4) is 5.88 Å². The molecule has 0 bridgehead atoms. The first-order valence-electron chi connectivity index (χ1n) is 9.50. The third kappa shape index (κ3) is 6.46. The summed E-state index contributed by atoms with van der Waals surface area (Å²) in [6.45, 7) is 1.78. The number of benzene rings is 1. The van der Waals surface area contributed by atoms with Crippen LogP contribution in [-0.2, 0) is 17.8 Å². The van der Waals surface area contributed by atoms with Gasteiger partial charge in [-0.15, -0.1) is 0 Å². The Labute approximate surface area is 174 Å². The third-order valence-electron chi connectivity index (χ3n) is 4.26. The summed E-state index contributed by atoms with van der Waals surface area (Å²) in [6, 6.07) is 15.9. The lowest BCUT2D eigenvalue weighted by Gasteiger charge is -2.10. The Balaban J connectivity index is 1.45. The largest absolute Gasteiger partial charge is 0.475 e. The number of hydrogen-bond donors (Lipinski definition) is 2. The summed E-state index contributed by atoms with van der Waals surface area (Å²) >= 11 is 0. The van der Waals surface area contributed by atoms with Gasteiger partial charge < -0.3 is 24.7 Å². The quantitative estimate of drug-likeness (QED) is 0.531. The van der Waals surface area contributed by atoms with Crippen molar-refractivity contribution in [2.45, 2.75) is 13.1 Å². The molecule has 0 aliphatic rings. The van der Waals surface area contributed by atoms with Crippen LogP contribution < -0.4 is 20.9 Å². The van der Waals surface area contributed by atoms with Crippen LogP contribution in [0.15, 0.2) is 71.8 Å². The zero-order valence-corrected chi connectivity index (χ0v) is 16.7. The maximum absolute atomic E-state index is 12.1. The second-order valence-corrected chi connectivity index (χ2v) is 6.52. The summed E-state index contributed by atoms with van der Waals surface area (Å²) in [6.07, 6.45) is 3.29. The smallest absolute Gasteiger partial charge is 0.319 e.